The molecule has 128 valence electrons. The van der Waals surface area contributed by atoms with Crippen molar-refractivity contribution in [3.63, 3.8) is 0 Å². The number of nitrogens with zero attached hydrogens (tertiary/aromatic N) is 3. The van der Waals surface area contributed by atoms with Gasteiger partial charge in [0.05, 0.1) is 12.2 Å². The predicted octanol–water partition coefficient (Wildman–Crippen LogP) is 2.37. The minimum absolute atomic E-state index is 0.191. The van der Waals surface area contributed by atoms with Crippen molar-refractivity contribution in [2.75, 3.05) is 13.1 Å². The van der Waals surface area contributed by atoms with E-state index in [1.165, 1.54) is 19.3 Å². The van der Waals surface area contributed by atoms with E-state index in [1.807, 2.05) is 12.1 Å². The monoisotopic (exact) mass is 327 g/mol. The van der Waals surface area contributed by atoms with E-state index in [4.69, 9.17) is 0 Å². The summed E-state index contributed by atoms with van der Waals surface area (Å²) in [6.07, 6.45) is 9.70. The van der Waals surface area contributed by atoms with Gasteiger partial charge in [0.1, 0.15) is 5.54 Å². The Labute approximate surface area is 142 Å². The average Bonchev–Trinajstić information content (AvgIpc) is 3.30. The molecule has 0 aromatic carbocycles. The highest BCUT2D eigenvalue weighted by molar-refractivity contribution is 5.87. The number of likely N-dealkylation sites (tertiary alicyclic amines) is 1. The molecule has 2 aromatic heterocycles. The van der Waals surface area contributed by atoms with Gasteiger partial charge in [-0.15, -0.1) is 0 Å². The summed E-state index contributed by atoms with van der Waals surface area (Å²) in [7, 11) is 0. The molecule has 1 saturated carbocycles. The number of hydrogen-bond donors (Lipinski definition) is 2. The number of rotatable bonds is 4. The first-order valence-electron chi connectivity index (χ1n) is 9.11. The highest BCUT2D eigenvalue weighted by atomic mass is 16.2. The van der Waals surface area contributed by atoms with E-state index in [9.17, 15) is 4.79 Å². The zero-order valence-corrected chi connectivity index (χ0v) is 14.1. The van der Waals surface area contributed by atoms with Gasteiger partial charge in [-0.3, -0.25) is 14.8 Å². The van der Waals surface area contributed by atoms with E-state index >= 15 is 0 Å². The molecule has 6 heteroatoms. The van der Waals surface area contributed by atoms with Gasteiger partial charge in [0.15, 0.2) is 5.65 Å². The molecule has 0 atom stereocenters. The van der Waals surface area contributed by atoms with Crippen LogP contribution in [0.25, 0.3) is 11.0 Å². The first kappa shape index (κ1) is 15.6. The lowest BCUT2D eigenvalue weighted by molar-refractivity contribution is -0.135. The molecule has 2 aliphatic rings. The molecule has 0 bridgehead atoms. The van der Waals surface area contributed by atoms with Crippen LogP contribution in [0.15, 0.2) is 18.3 Å². The molecule has 2 N–H and O–H groups in total. The predicted molar refractivity (Wildman–Crippen MR) is 92.4 cm³/mol. The third kappa shape index (κ3) is 2.69. The fourth-order valence-corrected chi connectivity index (χ4v) is 4.34. The lowest BCUT2D eigenvalue weighted by Gasteiger charge is -2.43. The Balaban J connectivity index is 1.51. The second kappa shape index (κ2) is 6.51. The molecule has 24 heavy (non-hydrogen) atoms. The summed E-state index contributed by atoms with van der Waals surface area (Å²) < 4.78 is 0. The molecule has 1 amide bonds. The van der Waals surface area contributed by atoms with Crippen molar-refractivity contribution in [1.82, 2.24) is 25.4 Å². The maximum absolute atomic E-state index is 13.1. The van der Waals surface area contributed by atoms with Gasteiger partial charge in [-0.1, -0.05) is 19.3 Å². The SMILES string of the molecule is O=C(NCc1[nH]nc2ncccc12)C1(N2CCCC2)CCCCC1. The third-order valence-electron chi connectivity index (χ3n) is 5.65. The van der Waals surface area contributed by atoms with E-state index < -0.39 is 0 Å². The number of pyridine rings is 1. The third-order valence-corrected chi connectivity index (χ3v) is 5.65. The second-order valence-electron chi connectivity index (χ2n) is 7.05. The number of nitrogens with one attached hydrogen (secondary N) is 2. The van der Waals surface area contributed by atoms with Crippen molar-refractivity contribution < 1.29 is 4.79 Å². The standard InChI is InChI=1S/C18H25N5O/c24-17(18(8-2-1-3-9-18)23-11-4-5-12-23)20-13-15-14-7-6-10-19-16(14)22-21-15/h6-7,10H,1-5,8-9,11-13H2,(H,20,24)(H,19,21,22). The molecule has 3 heterocycles. The smallest absolute Gasteiger partial charge is 0.240 e. The lowest BCUT2D eigenvalue weighted by Crippen LogP contribution is -2.58. The summed E-state index contributed by atoms with van der Waals surface area (Å²) in [5, 5.41) is 11.4. The van der Waals surface area contributed by atoms with Crippen molar-refractivity contribution in [2.24, 2.45) is 0 Å². The fourth-order valence-electron chi connectivity index (χ4n) is 4.34. The maximum atomic E-state index is 13.1. The topological polar surface area (TPSA) is 73.9 Å². The Bertz CT molecular complexity index is 713. The zero-order chi connectivity index (χ0) is 16.4. The van der Waals surface area contributed by atoms with Crippen LogP contribution < -0.4 is 5.32 Å². The molecule has 1 saturated heterocycles. The van der Waals surface area contributed by atoms with E-state index in [0.717, 1.165) is 49.9 Å². The van der Waals surface area contributed by atoms with Crippen molar-refractivity contribution in [2.45, 2.75) is 57.0 Å². The van der Waals surface area contributed by atoms with Crippen LogP contribution in [0.4, 0.5) is 0 Å². The Morgan fingerprint density at radius 1 is 1.21 bits per heavy atom. The van der Waals surface area contributed by atoms with E-state index in [-0.39, 0.29) is 11.4 Å². The van der Waals surface area contributed by atoms with Crippen LogP contribution in [-0.2, 0) is 11.3 Å². The minimum Gasteiger partial charge on any atom is -0.349 e. The summed E-state index contributed by atoms with van der Waals surface area (Å²) in [6.45, 7) is 2.60. The van der Waals surface area contributed by atoms with Gasteiger partial charge in [-0.05, 0) is 50.9 Å². The summed E-state index contributed by atoms with van der Waals surface area (Å²) in [5.74, 6) is 0.191. The van der Waals surface area contributed by atoms with Crippen LogP contribution in [0.3, 0.4) is 0 Å². The molecule has 1 aliphatic heterocycles. The zero-order valence-electron chi connectivity index (χ0n) is 14.1. The Kier molecular flexibility index (Phi) is 4.22. The molecular weight excluding hydrogens is 302 g/mol. The first-order chi connectivity index (χ1) is 11.8. The van der Waals surface area contributed by atoms with Crippen molar-refractivity contribution in [1.29, 1.82) is 0 Å². The van der Waals surface area contributed by atoms with Crippen molar-refractivity contribution in [3.8, 4) is 0 Å². The second-order valence-corrected chi connectivity index (χ2v) is 7.05. The van der Waals surface area contributed by atoms with Gasteiger partial charge >= 0.3 is 0 Å². The molecule has 4 rings (SSSR count). The molecule has 2 fully saturated rings. The number of amides is 1. The maximum Gasteiger partial charge on any atom is 0.240 e. The van der Waals surface area contributed by atoms with Gasteiger partial charge in [0.2, 0.25) is 5.91 Å². The number of aromatic amines is 1. The van der Waals surface area contributed by atoms with Crippen molar-refractivity contribution in [3.05, 3.63) is 24.0 Å². The largest absolute Gasteiger partial charge is 0.349 e. The quantitative estimate of drug-likeness (QED) is 0.904. The number of aromatic nitrogens is 3. The molecule has 1 aliphatic carbocycles. The number of hydrogen-bond acceptors (Lipinski definition) is 4. The number of carbonyl (C=O) groups is 1. The van der Waals surface area contributed by atoms with Crippen LogP contribution in [0.5, 0.6) is 0 Å². The molecule has 0 unspecified atom stereocenters. The van der Waals surface area contributed by atoms with Crippen LogP contribution >= 0.6 is 0 Å². The summed E-state index contributed by atoms with van der Waals surface area (Å²) in [5.41, 5.74) is 1.34. The minimum atomic E-state index is -0.289. The van der Waals surface area contributed by atoms with Gasteiger partial charge in [-0.25, -0.2) is 4.98 Å². The summed E-state index contributed by atoms with van der Waals surface area (Å²) in [4.78, 5) is 19.8. The Morgan fingerprint density at radius 3 is 2.79 bits per heavy atom. The molecule has 0 radical (unpaired) electrons. The van der Waals surface area contributed by atoms with Gasteiger partial charge in [0.25, 0.3) is 0 Å². The molecule has 0 spiro atoms. The summed E-state index contributed by atoms with van der Waals surface area (Å²) in [6, 6.07) is 3.89. The summed E-state index contributed by atoms with van der Waals surface area (Å²) >= 11 is 0. The normalized spacial score (nSPS) is 21.2. The Morgan fingerprint density at radius 2 is 2.00 bits per heavy atom. The van der Waals surface area contributed by atoms with Crippen LogP contribution in [0, 0.1) is 0 Å². The van der Waals surface area contributed by atoms with Crippen LogP contribution in [0.2, 0.25) is 0 Å². The Hall–Kier alpha value is -1.95. The van der Waals surface area contributed by atoms with Gasteiger partial charge < -0.3 is 5.32 Å². The number of H-pyrrole nitrogens is 1. The van der Waals surface area contributed by atoms with E-state index in [0.29, 0.717) is 12.2 Å². The van der Waals surface area contributed by atoms with Crippen LogP contribution in [0.1, 0.15) is 50.6 Å². The van der Waals surface area contributed by atoms with Crippen molar-refractivity contribution >= 4 is 16.9 Å². The van der Waals surface area contributed by atoms with Gasteiger partial charge in [0, 0.05) is 11.6 Å². The molecule has 2 aromatic rings. The average molecular weight is 327 g/mol. The highest BCUT2D eigenvalue weighted by Gasteiger charge is 2.45. The van der Waals surface area contributed by atoms with Crippen LogP contribution in [-0.4, -0.2) is 44.6 Å². The molecular formula is C18H25N5O. The number of fused-ring (bicyclic) bond motifs is 1. The van der Waals surface area contributed by atoms with E-state index in [1.54, 1.807) is 6.20 Å². The highest BCUT2D eigenvalue weighted by Crippen LogP contribution is 2.36. The number of carbonyl (C=O) groups excluding carboxylic acids is 1. The first-order valence-corrected chi connectivity index (χ1v) is 9.11. The lowest BCUT2D eigenvalue weighted by atomic mass is 9.79. The van der Waals surface area contributed by atoms with E-state index in [2.05, 4.69) is 25.4 Å². The van der Waals surface area contributed by atoms with Gasteiger partial charge in [-0.2, -0.15) is 5.10 Å². The fraction of sp³-hybridized carbons (Fsp3) is 0.611. The molecule has 6 nitrogen and oxygen atoms in total.